The van der Waals surface area contributed by atoms with Crippen molar-refractivity contribution in [2.24, 2.45) is 23.2 Å². The first-order valence-corrected chi connectivity index (χ1v) is 10.3. The van der Waals surface area contributed by atoms with E-state index in [4.69, 9.17) is 4.74 Å². The van der Waals surface area contributed by atoms with Crippen molar-refractivity contribution in [3.63, 3.8) is 0 Å². The minimum atomic E-state index is 0.524. The number of rotatable bonds is 4. The van der Waals surface area contributed by atoms with E-state index in [1.807, 2.05) is 18.3 Å². The largest absolute Gasteiger partial charge is 0.501 e. The molecule has 4 aliphatic rings. The summed E-state index contributed by atoms with van der Waals surface area (Å²) in [5.74, 6) is 3.94. The standard InChI is InChI=1S/C23H34O/c1-4-5-6-17-8-12-22-21-10-7-16-15-18(24-3)9-11-19(16)20(21)13-14-23(17,22)2/h8-9,20-22H,4-7,10-15H2,1-3H3/t20?,21?,22?,23-/m1/s1. The smallest absolute Gasteiger partial charge is 0.0959 e. The molecule has 0 N–H and O–H groups in total. The number of hydrogen-bond donors (Lipinski definition) is 0. The summed E-state index contributed by atoms with van der Waals surface area (Å²) in [6.07, 6.45) is 18.3. The van der Waals surface area contributed by atoms with Gasteiger partial charge in [0.2, 0.25) is 0 Å². The van der Waals surface area contributed by atoms with Crippen molar-refractivity contribution in [2.45, 2.75) is 78.1 Å². The Hall–Kier alpha value is -0.980. The van der Waals surface area contributed by atoms with Gasteiger partial charge in [0, 0.05) is 6.42 Å². The molecule has 0 spiro atoms. The predicted octanol–water partition coefficient (Wildman–Crippen LogP) is 6.57. The number of methoxy groups -OCH3 is 1. The first kappa shape index (κ1) is 16.5. The molecule has 3 unspecified atom stereocenters. The molecule has 132 valence electrons. The summed E-state index contributed by atoms with van der Waals surface area (Å²) in [6, 6.07) is 0. The third-order valence-corrected chi connectivity index (χ3v) is 7.86. The maximum absolute atomic E-state index is 5.53. The quantitative estimate of drug-likeness (QED) is 0.531. The minimum Gasteiger partial charge on any atom is -0.501 e. The molecule has 4 atom stereocenters. The normalized spacial score (nSPS) is 38.0. The lowest BCUT2D eigenvalue weighted by atomic mass is 9.53. The van der Waals surface area contributed by atoms with Crippen LogP contribution < -0.4 is 0 Å². The molecule has 0 aromatic rings. The van der Waals surface area contributed by atoms with Crippen molar-refractivity contribution in [1.82, 2.24) is 0 Å². The zero-order valence-corrected chi connectivity index (χ0v) is 15.9. The zero-order chi connectivity index (χ0) is 16.7. The van der Waals surface area contributed by atoms with Gasteiger partial charge in [-0.15, -0.1) is 0 Å². The number of ether oxygens (including phenoxy) is 1. The van der Waals surface area contributed by atoms with Gasteiger partial charge in [-0.05, 0) is 80.6 Å². The number of allylic oxidation sites excluding steroid dienone is 5. The van der Waals surface area contributed by atoms with Gasteiger partial charge in [-0.25, -0.2) is 0 Å². The van der Waals surface area contributed by atoms with E-state index >= 15 is 0 Å². The predicted molar refractivity (Wildman–Crippen MR) is 101 cm³/mol. The van der Waals surface area contributed by atoms with Gasteiger partial charge in [0.1, 0.15) is 0 Å². The lowest BCUT2D eigenvalue weighted by Crippen LogP contribution is -2.42. The van der Waals surface area contributed by atoms with E-state index in [2.05, 4.69) is 26.0 Å². The van der Waals surface area contributed by atoms with Crippen LogP contribution in [0.5, 0.6) is 0 Å². The highest BCUT2D eigenvalue weighted by molar-refractivity contribution is 5.34. The fourth-order valence-electron chi connectivity index (χ4n) is 6.46. The maximum Gasteiger partial charge on any atom is 0.0959 e. The Balaban J connectivity index is 1.53. The van der Waals surface area contributed by atoms with E-state index in [0.717, 1.165) is 24.2 Å². The van der Waals surface area contributed by atoms with Gasteiger partial charge in [0.15, 0.2) is 0 Å². The van der Waals surface area contributed by atoms with Crippen molar-refractivity contribution >= 4 is 0 Å². The summed E-state index contributed by atoms with van der Waals surface area (Å²) < 4.78 is 5.53. The highest BCUT2D eigenvalue weighted by Gasteiger charge is 2.51. The Bertz CT molecular complexity index is 593. The van der Waals surface area contributed by atoms with Gasteiger partial charge < -0.3 is 4.74 Å². The Morgan fingerprint density at radius 3 is 2.92 bits per heavy atom. The number of fused-ring (bicyclic) bond motifs is 4. The van der Waals surface area contributed by atoms with Crippen molar-refractivity contribution in [1.29, 1.82) is 0 Å². The van der Waals surface area contributed by atoms with E-state index in [-0.39, 0.29) is 0 Å². The molecule has 1 saturated carbocycles. The van der Waals surface area contributed by atoms with Crippen LogP contribution in [-0.2, 0) is 4.74 Å². The molecule has 4 rings (SSSR count). The molecule has 1 fully saturated rings. The molecule has 0 aliphatic heterocycles. The molecule has 0 amide bonds. The van der Waals surface area contributed by atoms with Crippen molar-refractivity contribution in [3.8, 4) is 0 Å². The summed E-state index contributed by atoms with van der Waals surface area (Å²) >= 11 is 0. The Kier molecular flexibility index (Phi) is 4.39. The third kappa shape index (κ3) is 2.50. The van der Waals surface area contributed by atoms with Crippen molar-refractivity contribution < 1.29 is 4.74 Å². The molecule has 0 aromatic heterocycles. The summed E-state index contributed by atoms with van der Waals surface area (Å²) in [6.45, 7) is 4.93. The second kappa shape index (κ2) is 6.39. The highest BCUT2D eigenvalue weighted by Crippen LogP contribution is 2.61. The van der Waals surface area contributed by atoms with Crippen LogP contribution in [0.1, 0.15) is 78.1 Å². The fraction of sp³-hybridized carbons (Fsp3) is 0.739. The van der Waals surface area contributed by atoms with Gasteiger partial charge in [0.25, 0.3) is 0 Å². The van der Waals surface area contributed by atoms with Crippen LogP contribution in [0.15, 0.2) is 34.6 Å². The van der Waals surface area contributed by atoms with Crippen LogP contribution in [0.3, 0.4) is 0 Å². The monoisotopic (exact) mass is 326 g/mol. The van der Waals surface area contributed by atoms with E-state index in [9.17, 15) is 0 Å². The average molecular weight is 327 g/mol. The van der Waals surface area contributed by atoms with Gasteiger partial charge in [0.05, 0.1) is 12.9 Å². The van der Waals surface area contributed by atoms with Crippen LogP contribution in [0.2, 0.25) is 0 Å². The highest BCUT2D eigenvalue weighted by atomic mass is 16.5. The van der Waals surface area contributed by atoms with Gasteiger partial charge >= 0.3 is 0 Å². The second-order valence-electron chi connectivity index (χ2n) is 8.82. The maximum atomic E-state index is 5.53. The van der Waals surface area contributed by atoms with Crippen LogP contribution in [0.4, 0.5) is 0 Å². The van der Waals surface area contributed by atoms with Gasteiger partial charge in [-0.1, -0.05) is 43.1 Å². The minimum absolute atomic E-state index is 0.524. The van der Waals surface area contributed by atoms with Crippen LogP contribution >= 0.6 is 0 Å². The fourth-order valence-corrected chi connectivity index (χ4v) is 6.46. The first-order valence-electron chi connectivity index (χ1n) is 10.3. The molecular weight excluding hydrogens is 292 g/mol. The summed E-state index contributed by atoms with van der Waals surface area (Å²) in [7, 11) is 1.83. The average Bonchev–Trinajstić information content (AvgIpc) is 2.95. The van der Waals surface area contributed by atoms with Gasteiger partial charge in [-0.2, -0.15) is 0 Å². The molecule has 24 heavy (non-hydrogen) atoms. The van der Waals surface area contributed by atoms with Crippen LogP contribution in [0, 0.1) is 23.2 Å². The molecule has 0 aromatic carbocycles. The van der Waals surface area contributed by atoms with E-state index in [0.29, 0.717) is 5.41 Å². The molecule has 4 aliphatic carbocycles. The Labute approximate surface area is 148 Å². The summed E-state index contributed by atoms with van der Waals surface area (Å²) in [4.78, 5) is 0. The number of hydrogen-bond acceptors (Lipinski definition) is 1. The SMILES string of the molecule is CCCCC1=CCC2C3CCC4=C(CC=C(OC)C4)C3CC[C@]12C. The van der Waals surface area contributed by atoms with Crippen LogP contribution in [-0.4, -0.2) is 7.11 Å². The molecule has 0 bridgehead atoms. The van der Waals surface area contributed by atoms with E-state index in [1.54, 1.807) is 5.57 Å². The van der Waals surface area contributed by atoms with Crippen LogP contribution in [0.25, 0.3) is 0 Å². The lowest BCUT2D eigenvalue weighted by Gasteiger charge is -2.51. The molecule has 0 radical (unpaired) electrons. The molecule has 0 saturated heterocycles. The van der Waals surface area contributed by atoms with Gasteiger partial charge in [-0.3, -0.25) is 0 Å². The summed E-state index contributed by atoms with van der Waals surface area (Å²) in [5.41, 5.74) is 5.89. The Morgan fingerprint density at radius 1 is 1.25 bits per heavy atom. The topological polar surface area (TPSA) is 9.23 Å². The molecule has 0 heterocycles. The Morgan fingerprint density at radius 2 is 2.12 bits per heavy atom. The van der Waals surface area contributed by atoms with E-state index in [1.165, 1.54) is 63.5 Å². The van der Waals surface area contributed by atoms with Crippen molar-refractivity contribution in [3.05, 3.63) is 34.6 Å². The molecule has 1 heteroatoms. The molecule has 1 nitrogen and oxygen atoms in total. The van der Waals surface area contributed by atoms with E-state index < -0.39 is 0 Å². The second-order valence-corrected chi connectivity index (χ2v) is 8.82. The third-order valence-electron chi connectivity index (χ3n) is 7.86. The summed E-state index contributed by atoms with van der Waals surface area (Å²) in [5, 5.41) is 0. The number of unbranched alkanes of at least 4 members (excludes halogenated alkanes) is 1. The lowest BCUT2D eigenvalue weighted by molar-refractivity contribution is 0.0542. The molecular formula is C23H34O. The zero-order valence-electron chi connectivity index (χ0n) is 15.9. The van der Waals surface area contributed by atoms with Crippen molar-refractivity contribution in [2.75, 3.05) is 7.11 Å². The first-order chi connectivity index (χ1) is 11.7.